The molecular formula is C13H18N2O3S. The van der Waals surface area contributed by atoms with Crippen LogP contribution in [-0.4, -0.2) is 35.0 Å². The summed E-state index contributed by atoms with van der Waals surface area (Å²) in [5.74, 6) is -0.707. The predicted molar refractivity (Wildman–Crippen MR) is 76.2 cm³/mol. The highest BCUT2D eigenvalue weighted by molar-refractivity contribution is 7.98. The van der Waals surface area contributed by atoms with Crippen LogP contribution in [0.2, 0.25) is 0 Å². The molecule has 0 heterocycles. The molecule has 19 heavy (non-hydrogen) atoms. The molecule has 1 rings (SSSR count). The van der Waals surface area contributed by atoms with Gasteiger partial charge in [-0.25, -0.2) is 4.79 Å². The van der Waals surface area contributed by atoms with Crippen molar-refractivity contribution in [3.05, 3.63) is 35.4 Å². The third-order valence-corrected chi connectivity index (χ3v) is 3.31. The van der Waals surface area contributed by atoms with E-state index in [9.17, 15) is 9.59 Å². The molecule has 1 atom stereocenters. The molecule has 104 valence electrons. The van der Waals surface area contributed by atoms with Gasteiger partial charge in [0.2, 0.25) is 0 Å². The number of hydrogen-bond donors (Lipinski definition) is 3. The first-order valence-electron chi connectivity index (χ1n) is 5.90. The van der Waals surface area contributed by atoms with Gasteiger partial charge in [-0.3, -0.25) is 4.79 Å². The zero-order chi connectivity index (χ0) is 14.3. The summed E-state index contributed by atoms with van der Waals surface area (Å²) in [4.78, 5) is 22.9. The Morgan fingerprint density at radius 2 is 2.00 bits per heavy atom. The van der Waals surface area contributed by atoms with E-state index in [1.807, 2.05) is 6.26 Å². The highest BCUT2D eigenvalue weighted by Gasteiger charge is 2.19. The largest absolute Gasteiger partial charge is 0.480 e. The van der Waals surface area contributed by atoms with Gasteiger partial charge in [0.1, 0.15) is 6.04 Å². The second-order valence-corrected chi connectivity index (χ2v) is 5.03. The molecule has 0 saturated carbocycles. The summed E-state index contributed by atoms with van der Waals surface area (Å²) in [6.45, 7) is 0.410. The smallest absolute Gasteiger partial charge is 0.326 e. The second-order valence-electron chi connectivity index (χ2n) is 4.05. The number of carboxylic acid groups (broad SMARTS) is 1. The monoisotopic (exact) mass is 282 g/mol. The summed E-state index contributed by atoms with van der Waals surface area (Å²) in [5, 5.41) is 11.6. The summed E-state index contributed by atoms with van der Waals surface area (Å²) in [6, 6.07) is 5.95. The quantitative estimate of drug-likeness (QED) is 0.696. The van der Waals surface area contributed by atoms with Crippen molar-refractivity contribution >= 4 is 23.6 Å². The SMILES string of the molecule is CSCCC(NC(=O)c1ccc(CN)cc1)C(=O)O. The van der Waals surface area contributed by atoms with Crippen molar-refractivity contribution in [1.29, 1.82) is 0 Å². The molecule has 0 aliphatic rings. The molecular weight excluding hydrogens is 264 g/mol. The Morgan fingerprint density at radius 3 is 2.47 bits per heavy atom. The standard InChI is InChI=1S/C13H18N2O3S/c1-19-7-6-11(13(17)18)15-12(16)10-4-2-9(8-14)3-5-10/h2-5,11H,6-8,14H2,1H3,(H,15,16)(H,17,18). The normalized spacial score (nSPS) is 11.9. The minimum atomic E-state index is -1.01. The Morgan fingerprint density at radius 1 is 1.37 bits per heavy atom. The Balaban J connectivity index is 2.67. The fourth-order valence-corrected chi connectivity index (χ4v) is 2.00. The average molecular weight is 282 g/mol. The third kappa shape index (κ3) is 4.92. The summed E-state index contributed by atoms with van der Waals surface area (Å²) in [5.41, 5.74) is 6.83. The molecule has 6 heteroatoms. The molecule has 5 nitrogen and oxygen atoms in total. The number of aliphatic carboxylic acids is 1. The van der Waals surface area contributed by atoms with E-state index in [0.717, 1.165) is 5.56 Å². The van der Waals surface area contributed by atoms with Crippen molar-refractivity contribution in [1.82, 2.24) is 5.32 Å². The van der Waals surface area contributed by atoms with Gasteiger partial charge in [0.25, 0.3) is 5.91 Å². The van der Waals surface area contributed by atoms with Gasteiger partial charge >= 0.3 is 5.97 Å². The number of hydrogen-bond acceptors (Lipinski definition) is 4. The first-order valence-corrected chi connectivity index (χ1v) is 7.29. The van der Waals surface area contributed by atoms with Gasteiger partial charge in [0.05, 0.1) is 0 Å². The zero-order valence-electron chi connectivity index (χ0n) is 10.8. The molecule has 0 aromatic heterocycles. The number of nitrogens with two attached hydrogens (primary N) is 1. The summed E-state index contributed by atoms with van der Waals surface area (Å²) in [6.07, 6.45) is 2.30. The van der Waals surface area contributed by atoms with Gasteiger partial charge in [0.15, 0.2) is 0 Å². The summed E-state index contributed by atoms with van der Waals surface area (Å²) >= 11 is 1.55. The van der Waals surface area contributed by atoms with Gasteiger partial charge in [-0.05, 0) is 36.1 Å². The number of carboxylic acids is 1. The molecule has 1 aromatic rings. The van der Waals surface area contributed by atoms with Crippen molar-refractivity contribution in [3.63, 3.8) is 0 Å². The fourth-order valence-electron chi connectivity index (χ4n) is 1.53. The maximum Gasteiger partial charge on any atom is 0.326 e. The van der Waals surface area contributed by atoms with Crippen LogP contribution in [0.4, 0.5) is 0 Å². The number of nitrogens with one attached hydrogen (secondary N) is 1. The fraction of sp³-hybridized carbons (Fsp3) is 0.385. The maximum atomic E-state index is 11.9. The van der Waals surface area contributed by atoms with Crippen molar-refractivity contribution < 1.29 is 14.7 Å². The lowest BCUT2D eigenvalue weighted by atomic mass is 10.1. The van der Waals surface area contributed by atoms with Gasteiger partial charge in [-0.1, -0.05) is 12.1 Å². The van der Waals surface area contributed by atoms with Crippen LogP contribution in [0.25, 0.3) is 0 Å². The van der Waals surface area contributed by atoms with Crippen LogP contribution in [0.3, 0.4) is 0 Å². The van der Waals surface area contributed by atoms with E-state index in [-0.39, 0.29) is 5.91 Å². The van der Waals surface area contributed by atoms with Crippen LogP contribution in [0, 0.1) is 0 Å². The van der Waals surface area contributed by atoms with Crippen molar-refractivity contribution in [2.45, 2.75) is 19.0 Å². The first-order chi connectivity index (χ1) is 9.08. The third-order valence-electron chi connectivity index (χ3n) is 2.67. The van der Waals surface area contributed by atoms with Crippen LogP contribution >= 0.6 is 11.8 Å². The molecule has 0 fully saturated rings. The Hall–Kier alpha value is -1.53. The van der Waals surface area contributed by atoms with E-state index in [0.29, 0.717) is 24.3 Å². The Labute approximate surface area is 116 Å². The van der Waals surface area contributed by atoms with Gasteiger partial charge < -0.3 is 16.2 Å². The number of rotatable bonds is 7. The van der Waals surface area contributed by atoms with Gasteiger partial charge in [0, 0.05) is 12.1 Å². The Kier molecular flexibility index (Phi) is 6.38. The minimum Gasteiger partial charge on any atom is -0.480 e. The molecule has 1 aromatic carbocycles. The number of thioether (sulfide) groups is 1. The van der Waals surface area contributed by atoms with E-state index >= 15 is 0 Å². The molecule has 0 radical (unpaired) electrons. The number of amides is 1. The van der Waals surface area contributed by atoms with Crippen LogP contribution in [0.15, 0.2) is 24.3 Å². The molecule has 0 saturated heterocycles. The van der Waals surface area contributed by atoms with Crippen LogP contribution in [-0.2, 0) is 11.3 Å². The molecule has 0 aliphatic heterocycles. The molecule has 0 spiro atoms. The highest BCUT2D eigenvalue weighted by atomic mass is 32.2. The first kappa shape index (κ1) is 15.5. The zero-order valence-corrected chi connectivity index (χ0v) is 11.6. The van der Waals surface area contributed by atoms with E-state index in [1.54, 1.807) is 36.0 Å². The Bertz CT molecular complexity index is 434. The summed E-state index contributed by atoms with van der Waals surface area (Å²) in [7, 11) is 0. The lowest BCUT2D eigenvalue weighted by Gasteiger charge is -2.14. The molecule has 1 unspecified atom stereocenters. The molecule has 0 bridgehead atoms. The van der Waals surface area contributed by atoms with Crippen molar-refractivity contribution in [2.24, 2.45) is 5.73 Å². The van der Waals surface area contributed by atoms with E-state index in [2.05, 4.69) is 5.32 Å². The number of benzene rings is 1. The number of carbonyl (C=O) groups is 2. The van der Waals surface area contributed by atoms with Crippen molar-refractivity contribution in [2.75, 3.05) is 12.0 Å². The van der Waals surface area contributed by atoms with Gasteiger partial charge in [-0.2, -0.15) is 11.8 Å². The van der Waals surface area contributed by atoms with Crippen LogP contribution in [0.1, 0.15) is 22.3 Å². The highest BCUT2D eigenvalue weighted by Crippen LogP contribution is 2.06. The topological polar surface area (TPSA) is 92.4 Å². The van der Waals surface area contributed by atoms with Crippen LogP contribution in [0.5, 0.6) is 0 Å². The van der Waals surface area contributed by atoms with Crippen LogP contribution < -0.4 is 11.1 Å². The lowest BCUT2D eigenvalue weighted by molar-refractivity contribution is -0.139. The minimum absolute atomic E-state index is 0.378. The molecule has 4 N–H and O–H groups in total. The predicted octanol–water partition coefficient (Wildman–Crippen LogP) is 1.08. The van der Waals surface area contributed by atoms with Gasteiger partial charge in [-0.15, -0.1) is 0 Å². The number of carbonyl (C=O) groups excluding carboxylic acids is 1. The van der Waals surface area contributed by atoms with E-state index in [4.69, 9.17) is 10.8 Å². The average Bonchev–Trinajstić information content (AvgIpc) is 2.43. The molecule has 0 aliphatic carbocycles. The summed E-state index contributed by atoms with van der Waals surface area (Å²) < 4.78 is 0. The van der Waals surface area contributed by atoms with E-state index in [1.165, 1.54) is 0 Å². The molecule has 1 amide bonds. The van der Waals surface area contributed by atoms with Crippen molar-refractivity contribution in [3.8, 4) is 0 Å². The second kappa shape index (κ2) is 7.81. The van der Waals surface area contributed by atoms with E-state index < -0.39 is 12.0 Å². The maximum absolute atomic E-state index is 11.9. The lowest BCUT2D eigenvalue weighted by Crippen LogP contribution is -2.41.